The lowest BCUT2D eigenvalue weighted by atomic mass is 10.3. The van der Waals surface area contributed by atoms with Crippen molar-refractivity contribution in [3.8, 4) is 0 Å². The molecule has 0 fully saturated rings. The van der Waals surface area contributed by atoms with Crippen LogP contribution in [0.25, 0.3) is 0 Å². The number of hydrogen-bond acceptors (Lipinski definition) is 4. The van der Waals surface area contributed by atoms with Crippen LogP contribution in [0.3, 0.4) is 0 Å². The van der Waals surface area contributed by atoms with Crippen molar-refractivity contribution in [1.29, 1.82) is 0 Å². The van der Waals surface area contributed by atoms with Crippen molar-refractivity contribution in [3.05, 3.63) is 17.8 Å². The Balaban J connectivity index is 2.91. The first kappa shape index (κ1) is 12.8. The predicted molar refractivity (Wildman–Crippen MR) is 62.9 cm³/mol. The molecule has 0 spiro atoms. The van der Waals surface area contributed by atoms with E-state index < -0.39 is 0 Å². The van der Waals surface area contributed by atoms with E-state index in [0.717, 1.165) is 19.5 Å². The van der Waals surface area contributed by atoms with Crippen LogP contribution in [0.2, 0.25) is 0 Å². The summed E-state index contributed by atoms with van der Waals surface area (Å²) >= 11 is 0. The number of hydrogen-bond donors (Lipinski definition) is 1. The number of nitrogens with zero attached hydrogens (tertiary/aromatic N) is 3. The highest BCUT2D eigenvalue weighted by molar-refractivity contribution is 5.40. The lowest BCUT2D eigenvalue weighted by Gasteiger charge is -2.22. The molecule has 2 N–H and O–H groups in total. The SMILES string of the molecule is CCc1ncnc(N(CC)CCCN)c1F. The van der Waals surface area contributed by atoms with Crippen LogP contribution < -0.4 is 10.6 Å². The first-order valence-electron chi connectivity index (χ1n) is 5.68. The second kappa shape index (κ2) is 6.37. The van der Waals surface area contributed by atoms with Crippen LogP contribution in [0.15, 0.2) is 6.33 Å². The molecule has 0 atom stereocenters. The summed E-state index contributed by atoms with van der Waals surface area (Å²) in [6, 6.07) is 0. The molecule has 0 aromatic carbocycles. The quantitative estimate of drug-likeness (QED) is 0.795. The van der Waals surface area contributed by atoms with Crippen molar-refractivity contribution in [3.63, 3.8) is 0 Å². The van der Waals surface area contributed by atoms with Crippen molar-refractivity contribution in [1.82, 2.24) is 9.97 Å². The molecule has 0 bridgehead atoms. The molecule has 0 aliphatic carbocycles. The molecule has 1 aromatic rings. The van der Waals surface area contributed by atoms with E-state index in [1.54, 1.807) is 0 Å². The average molecular weight is 226 g/mol. The molecule has 4 nitrogen and oxygen atoms in total. The van der Waals surface area contributed by atoms with Gasteiger partial charge < -0.3 is 10.6 Å². The third-order valence-corrected chi connectivity index (χ3v) is 2.49. The molecule has 0 amide bonds. The van der Waals surface area contributed by atoms with Gasteiger partial charge in [0.25, 0.3) is 0 Å². The summed E-state index contributed by atoms with van der Waals surface area (Å²) in [5.41, 5.74) is 5.92. The Morgan fingerprint density at radius 2 is 2.12 bits per heavy atom. The van der Waals surface area contributed by atoms with E-state index in [9.17, 15) is 4.39 Å². The highest BCUT2D eigenvalue weighted by atomic mass is 19.1. The number of anilines is 1. The molecule has 5 heteroatoms. The van der Waals surface area contributed by atoms with Crippen molar-refractivity contribution in [2.24, 2.45) is 5.73 Å². The summed E-state index contributed by atoms with van der Waals surface area (Å²) in [4.78, 5) is 9.82. The topological polar surface area (TPSA) is 55.0 Å². The summed E-state index contributed by atoms with van der Waals surface area (Å²) in [7, 11) is 0. The fourth-order valence-electron chi connectivity index (χ4n) is 1.56. The van der Waals surface area contributed by atoms with Gasteiger partial charge in [0, 0.05) is 13.1 Å². The molecule has 16 heavy (non-hydrogen) atoms. The molecule has 0 radical (unpaired) electrons. The minimum Gasteiger partial charge on any atom is -0.354 e. The summed E-state index contributed by atoms with van der Waals surface area (Å²) in [5, 5.41) is 0. The standard InChI is InChI=1S/C11H19FN4/c1-3-9-10(12)11(15-8-14-9)16(4-2)7-5-6-13/h8H,3-7,13H2,1-2H3. The van der Waals surface area contributed by atoms with Gasteiger partial charge in [0.05, 0.1) is 5.69 Å². The molecule has 1 heterocycles. The molecule has 90 valence electrons. The van der Waals surface area contributed by atoms with Crippen LogP contribution in [0.4, 0.5) is 10.2 Å². The molecule has 1 rings (SSSR count). The lowest BCUT2D eigenvalue weighted by Crippen LogP contribution is -2.28. The van der Waals surface area contributed by atoms with Crippen LogP contribution in [0, 0.1) is 5.82 Å². The molecule has 0 unspecified atom stereocenters. The van der Waals surface area contributed by atoms with Gasteiger partial charge in [-0.3, -0.25) is 0 Å². The van der Waals surface area contributed by atoms with E-state index in [1.807, 2.05) is 18.7 Å². The van der Waals surface area contributed by atoms with Crippen LogP contribution in [0.1, 0.15) is 26.0 Å². The minimum atomic E-state index is -0.302. The molecular formula is C11H19FN4. The number of halogens is 1. The highest BCUT2D eigenvalue weighted by Gasteiger charge is 2.14. The zero-order valence-corrected chi connectivity index (χ0v) is 9.91. The molecule has 0 aliphatic heterocycles. The van der Waals surface area contributed by atoms with E-state index in [4.69, 9.17) is 5.73 Å². The van der Waals surface area contributed by atoms with E-state index in [1.165, 1.54) is 6.33 Å². The van der Waals surface area contributed by atoms with Gasteiger partial charge in [0.2, 0.25) is 0 Å². The molecule has 0 saturated carbocycles. The predicted octanol–water partition coefficient (Wildman–Crippen LogP) is 1.35. The maximum Gasteiger partial charge on any atom is 0.187 e. The Hall–Kier alpha value is -1.23. The fourth-order valence-corrected chi connectivity index (χ4v) is 1.56. The van der Waals surface area contributed by atoms with Gasteiger partial charge in [0.1, 0.15) is 6.33 Å². The van der Waals surface area contributed by atoms with Gasteiger partial charge in [0.15, 0.2) is 11.6 Å². The molecule has 0 aliphatic rings. The first-order chi connectivity index (χ1) is 7.74. The zero-order chi connectivity index (χ0) is 12.0. The van der Waals surface area contributed by atoms with Crippen molar-refractivity contribution < 1.29 is 4.39 Å². The van der Waals surface area contributed by atoms with E-state index in [2.05, 4.69) is 9.97 Å². The van der Waals surface area contributed by atoms with Crippen LogP contribution in [-0.2, 0) is 6.42 Å². The Bertz CT molecular complexity index is 330. The van der Waals surface area contributed by atoms with Gasteiger partial charge in [-0.15, -0.1) is 0 Å². The smallest absolute Gasteiger partial charge is 0.187 e. The second-order valence-electron chi connectivity index (χ2n) is 3.53. The highest BCUT2D eigenvalue weighted by Crippen LogP contribution is 2.18. The molecule has 1 aromatic heterocycles. The number of rotatable bonds is 6. The Labute approximate surface area is 95.7 Å². The second-order valence-corrected chi connectivity index (χ2v) is 3.53. The van der Waals surface area contributed by atoms with Gasteiger partial charge in [-0.05, 0) is 26.3 Å². The molecular weight excluding hydrogens is 207 g/mol. The first-order valence-corrected chi connectivity index (χ1v) is 5.68. The van der Waals surface area contributed by atoms with Gasteiger partial charge in [-0.1, -0.05) is 6.92 Å². The summed E-state index contributed by atoms with van der Waals surface area (Å²) in [5.74, 6) is 0.0895. The van der Waals surface area contributed by atoms with E-state index in [-0.39, 0.29) is 5.82 Å². The van der Waals surface area contributed by atoms with E-state index in [0.29, 0.717) is 24.5 Å². The number of aromatic nitrogens is 2. The Morgan fingerprint density at radius 3 is 2.69 bits per heavy atom. The number of aryl methyl sites for hydroxylation is 1. The minimum absolute atomic E-state index is 0.302. The molecule has 0 saturated heterocycles. The zero-order valence-electron chi connectivity index (χ0n) is 9.91. The average Bonchev–Trinajstić information content (AvgIpc) is 2.32. The Kier molecular flexibility index (Phi) is 5.11. The third kappa shape index (κ3) is 2.88. The summed E-state index contributed by atoms with van der Waals surface area (Å²) in [6.07, 6.45) is 2.83. The largest absolute Gasteiger partial charge is 0.354 e. The van der Waals surface area contributed by atoms with Crippen LogP contribution >= 0.6 is 0 Å². The summed E-state index contributed by atoms with van der Waals surface area (Å²) < 4.78 is 13.9. The Morgan fingerprint density at radius 1 is 1.38 bits per heavy atom. The monoisotopic (exact) mass is 226 g/mol. The normalized spacial score (nSPS) is 10.5. The van der Waals surface area contributed by atoms with Crippen molar-refractivity contribution >= 4 is 5.82 Å². The summed E-state index contributed by atoms with van der Waals surface area (Å²) in [6.45, 7) is 5.90. The lowest BCUT2D eigenvalue weighted by molar-refractivity contribution is 0.581. The van der Waals surface area contributed by atoms with Crippen LogP contribution in [0.5, 0.6) is 0 Å². The van der Waals surface area contributed by atoms with Crippen LogP contribution in [-0.4, -0.2) is 29.6 Å². The van der Waals surface area contributed by atoms with Gasteiger partial charge >= 0.3 is 0 Å². The number of nitrogens with two attached hydrogens (primary N) is 1. The van der Waals surface area contributed by atoms with Crippen molar-refractivity contribution in [2.45, 2.75) is 26.7 Å². The van der Waals surface area contributed by atoms with Crippen molar-refractivity contribution in [2.75, 3.05) is 24.5 Å². The maximum atomic E-state index is 13.9. The maximum absolute atomic E-state index is 13.9. The van der Waals surface area contributed by atoms with Gasteiger partial charge in [-0.2, -0.15) is 0 Å². The van der Waals surface area contributed by atoms with E-state index >= 15 is 0 Å². The van der Waals surface area contributed by atoms with Gasteiger partial charge in [-0.25, -0.2) is 14.4 Å². The fraction of sp³-hybridized carbons (Fsp3) is 0.636. The third-order valence-electron chi connectivity index (χ3n) is 2.49.